The van der Waals surface area contributed by atoms with Crippen LogP contribution in [0.25, 0.3) is 0 Å². The van der Waals surface area contributed by atoms with Crippen molar-refractivity contribution in [2.75, 3.05) is 26.2 Å². The van der Waals surface area contributed by atoms with Crippen LogP contribution in [0.15, 0.2) is 0 Å². The average molecular weight is 124 g/mol. The summed E-state index contributed by atoms with van der Waals surface area (Å²) >= 11 is 0. The molecule has 1 heterocycles. The van der Waals surface area contributed by atoms with Crippen molar-refractivity contribution in [3.05, 3.63) is 0 Å². The number of nitrogens with two attached hydrogens (primary N) is 1. The van der Waals surface area contributed by atoms with Crippen LogP contribution in [0.2, 0.25) is 0 Å². The van der Waals surface area contributed by atoms with Gasteiger partial charge in [0.1, 0.15) is 0 Å². The lowest BCUT2D eigenvalue weighted by molar-refractivity contribution is 0.639. The first-order valence-corrected chi connectivity index (χ1v) is 3.31. The zero-order chi connectivity index (χ0) is 6.53. The van der Waals surface area contributed by atoms with E-state index in [1.54, 1.807) is 0 Å². The Morgan fingerprint density at radius 3 is 2.67 bits per heavy atom. The Bertz CT molecular complexity index is 128. The van der Waals surface area contributed by atoms with Crippen LogP contribution in [0.1, 0.15) is 6.42 Å². The molecule has 1 rings (SSSR count). The van der Waals surface area contributed by atoms with Crippen molar-refractivity contribution >= 4 is 0 Å². The van der Waals surface area contributed by atoms with E-state index in [9.17, 15) is 0 Å². The van der Waals surface area contributed by atoms with E-state index in [0.717, 1.165) is 13.0 Å². The summed E-state index contributed by atoms with van der Waals surface area (Å²) in [7, 11) is 0. The SMILES string of the molecule is NCCC#CCN1CC1. The van der Waals surface area contributed by atoms with E-state index in [-0.39, 0.29) is 0 Å². The Morgan fingerprint density at radius 1 is 1.33 bits per heavy atom. The zero-order valence-corrected chi connectivity index (χ0v) is 5.56. The Hall–Kier alpha value is -0.520. The summed E-state index contributed by atoms with van der Waals surface area (Å²) in [6.45, 7) is 4.10. The summed E-state index contributed by atoms with van der Waals surface area (Å²) in [6, 6.07) is 0. The smallest absolute Gasteiger partial charge is 0.0602 e. The van der Waals surface area contributed by atoms with Crippen molar-refractivity contribution in [1.82, 2.24) is 4.90 Å². The molecule has 1 saturated heterocycles. The maximum absolute atomic E-state index is 5.24. The van der Waals surface area contributed by atoms with E-state index in [4.69, 9.17) is 5.73 Å². The van der Waals surface area contributed by atoms with Gasteiger partial charge in [0.05, 0.1) is 6.54 Å². The highest BCUT2D eigenvalue weighted by Crippen LogP contribution is 1.99. The molecule has 9 heavy (non-hydrogen) atoms. The van der Waals surface area contributed by atoms with Gasteiger partial charge in [-0.2, -0.15) is 0 Å². The monoisotopic (exact) mass is 124 g/mol. The van der Waals surface area contributed by atoms with Crippen LogP contribution in [0.4, 0.5) is 0 Å². The quantitative estimate of drug-likeness (QED) is 0.403. The number of nitrogens with zero attached hydrogens (tertiary/aromatic N) is 1. The molecular weight excluding hydrogens is 112 g/mol. The van der Waals surface area contributed by atoms with Gasteiger partial charge >= 0.3 is 0 Å². The fourth-order valence-corrected chi connectivity index (χ4v) is 0.557. The molecule has 0 amide bonds. The normalized spacial score (nSPS) is 16.6. The van der Waals surface area contributed by atoms with Gasteiger partial charge in [0, 0.05) is 26.1 Å². The Labute approximate surface area is 56.0 Å². The predicted octanol–water partition coefficient (Wildman–Crippen LogP) is -0.346. The van der Waals surface area contributed by atoms with Crippen LogP contribution in [-0.2, 0) is 0 Å². The fourth-order valence-electron chi connectivity index (χ4n) is 0.557. The summed E-state index contributed by atoms with van der Waals surface area (Å²) in [5.74, 6) is 6.03. The van der Waals surface area contributed by atoms with Gasteiger partial charge in [-0.15, -0.1) is 5.92 Å². The van der Waals surface area contributed by atoms with Crippen LogP contribution < -0.4 is 5.73 Å². The van der Waals surface area contributed by atoms with Crippen LogP contribution in [0.5, 0.6) is 0 Å². The summed E-state index contributed by atoms with van der Waals surface area (Å²) in [6.07, 6.45) is 0.841. The van der Waals surface area contributed by atoms with Crippen LogP contribution in [0, 0.1) is 11.8 Å². The fraction of sp³-hybridized carbons (Fsp3) is 0.714. The second-order valence-corrected chi connectivity index (χ2v) is 2.17. The first-order chi connectivity index (χ1) is 4.43. The zero-order valence-electron chi connectivity index (χ0n) is 5.56. The van der Waals surface area contributed by atoms with Crippen molar-refractivity contribution in [2.24, 2.45) is 5.73 Å². The van der Waals surface area contributed by atoms with Gasteiger partial charge in [0.2, 0.25) is 0 Å². The van der Waals surface area contributed by atoms with Gasteiger partial charge in [0.15, 0.2) is 0 Å². The molecule has 2 nitrogen and oxygen atoms in total. The minimum atomic E-state index is 0.688. The molecule has 0 radical (unpaired) electrons. The minimum Gasteiger partial charge on any atom is -0.330 e. The Morgan fingerprint density at radius 2 is 2.11 bits per heavy atom. The Balaban J connectivity index is 1.95. The van der Waals surface area contributed by atoms with E-state index >= 15 is 0 Å². The summed E-state index contributed by atoms with van der Waals surface area (Å²) in [5.41, 5.74) is 5.24. The van der Waals surface area contributed by atoms with Gasteiger partial charge in [0.25, 0.3) is 0 Å². The number of hydrogen-bond donors (Lipinski definition) is 1. The van der Waals surface area contributed by atoms with Crippen LogP contribution in [0.3, 0.4) is 0 Å². The third-order valence-electron chi connectivity index (χ3n) is 1.24. The molecule has 0 unspecified atom stereocenters. The molecule has 0 aromatic carbocycles. The van der Waals surface area contributed by atoms with Crippen LogP contribution >= 0.6 is 0 Å². The van der Waals surface area contributed by atoms with Crippen LogP contribution in [-0.4, -0.2) is 31.1 Å². The first kappa shape index (κ1) is 6.60. The molecule has 1 aliphatic heterocycles. The maximum Gasteiger partial charge on any atom is 0.0602 e. The standard InChI is InChI=1S/C7H12N2/c8-4-2-1-3-5-9-6-7-9/h2,4-8H2. The third-order valence-corrected chi connectivity index (χ3v) is 1.24. The van der Waals surface area contributed by atoms with Gasteiger partial charge in [-0.05, 0) is 0 Å². The van der Waals surface area contributed by atoms with E-state index < -0.39 is 0 Å². The average Bonchev–Trinajstić information content (AvgIpc) is 2.63. The molecule has 0 atom stereocenters. The highest BCUT2D eigenvalue weighted by atomic mass is 15.2. The van der Waals surface area contributed by atoms with E-state index in [2.05, 4.69) is 16.7 Å². The molecule has 1 fully saturated rings. The lowest BCUT2D eigenvalue weighted by atomic mass is 10.4. The number of rotatable bonds is 2. The first-order valence-electron chi connectivity index (χ1n) is 3.31. The summed E-state index contributed by atoms with van der Waals surface area (Å²) in [4.78, 5) is 2.28. The molecule has 2 N–H and O–H groups in total. The van der Waals surface area contributed by atoms with E-state index in [1.165, 1.54) is 13.1 Å². The molecular formula is C7H12N2. The largest absolute Gasteiger partial charge is 0.330 e. The second-order valence-electron chi connectivity index (χ2n) is 2.17. The van der Waals surface area contributed by atoms with Gasteiger partial charge in [-0.3, -0.25) is 4.90 Å². The van der Waals surface area contributed by atoms with E-state index in [0.29, 0.717) is 6.54 Å². The topological polar surface area (TPSA) is 29.0 Å². The van der Waals surface area contributed by atoms with Crippen molar-refractivity contribution in [3.63, 3.8) is 0 Å². The molecule has 0 aromatic heterocycles. The predicted molar refractivity (Wildman–Crippen MR) is 37.9 cm³/mol. The summed E-state index contributed by atoms with van der Waals surface area (Å²) < 4.78 is 0. The Kier molecular flexibility index (Phi) is 2.56. The molecule has 1 aliphatic rings. The molecule has 0 aromatic rings. The maximum atomic E-state index is 5.24. The highest BCUT2D eigenvalue weighted by molar-refractivity contribution is 5.03. The van der Waals surface area contributed by atoms with E-state index in [1.807, 2.05) is 0 Å². The van der Waals surface area contributed by atoms with Crippen molar-refractivity contribution in [2.45, 2.75) is 6.42 Å². The van der Waals surface area contributed by atoms with Gasteiger partial charge < -0.3 is 5.73 Å². The van der Waals surface area contributed by atoms with Crippen molar-refractivity contribution in [3.8, 4) is 11.8 Å². The molecule has 0 saturated carbocycles. The summed E-state index contributed by atoms with van der Waals surface area (Å²) in [5, 5.41) is 0. The van der Waals surface area contributed by atoms with Crippen molar-refractivity contribution < 1.29 is 0 Å². The molecule has 2 heteroatoms. The third kappa shape index (κ3) is 3.12. The van der Waals surface area contributed by atoms with Gasteiger partial charge in [-0.25, -0.2) is 0 Å². The lowest BCUT2D eigenvalue weighted by Crippen LogP contribution is -1.97. The molecule has 0 aliphatic carbocycles. The lowest BCUT2D eigenvalue weighted by Gasteiger charge is -1.85. The highest BCUT2D eigenvalue weighted by Gasteiger charge is 2.13. The molecule has 0 bridgehead atoms. The second kappa shape index (κ2) is 3.49. The molecule has 50 valence electrons. The minimum absolute atomic E-state index is 0.688. The van der Waals surface area contributed by atoms with Gasteiger partial charge in [-0.1, -0.05) is 5.92 Å². The van der Waals surface area contributed by atoms with Crippen molar-refractivity contribution in [1.29, 1.82) is 0 Å². The number of hydrogen-bond acceptors (Lipinski definition) is 2. The molecule has 0 spiro atoms.